The van der Waals surface area contributed by atoms with E-state index in [0.717, 1.165) is 50.5 Å². The lowest BCUT2D eigenvalue weighted by Gasteiger charge is -2.06. The van der Waals surface area contributed by atoms with E-state index in [9.17, 15) is 0 Å². The maximum Gasteiger partial charge on any atom is 0.177 e. The fourth-order valence-electron chi connectivity index (χ4n) is 2.94. The van der Waals surface area contributed by atoms with Gasteiger partial charge in [-0.25, -0.2) is 9.97 Å². The van der Waals surface area contributed by atoms with Gasteiger partial charge in [0.15, 0.2) is 5.65 Å². The van der Waals surface area contributed by atoms with Gasteiger partial charge in [0.2, 0.25) is 0 Å². The van der Waals surface area contributed by atoms with Crippen LogP contribution in [-0.2, 0) is 6.54 Å². The summed E-state index contributed by atoms with van der Waals surface area (Å²) in [7, 11) is 0. The monoisotopic (exact) mass is 358 g/mol. The number of halogens is 1. The van der Waals surface area contributed by atoms with Gasteiger partial charge in [-0.1, -0.05) is 16.8 Å². The molecule has 4 rings (SSSR count). The Balaban J connectivity index is 1.85. The third-order valence-electron chi connectivity index (χ3n) is 4.06. The molecule has 24 heavy (non-hydrogen) atoms. The van der Waals surface area contributed by atoms with Crippen LogP contribution in [0.5, 0.6) is 0 Å². The van der Waals surface area contributed by atoms with Crippen molar-refractivity contribution in [3.63, 3.8) is 0 Å². The van der Waals surface area contributed by atoms with Crippen molar-refractivity contribution in [1.82, 2.24) is 19.7 Å². The van der Waals surface area contributed by atoms with E-state index >= 15 is 0 Å². The second kappa shape index (κ2) is 5.72. The highest BCUT2D eigenvalue weighted by Crippen LogP contribution is 2.30. The van der Waals surface area contributed by atoms with E-state index in [-0.39, 0.29) is 0 Å². The van der Waals surface area contributed by atoms with Crippen LogP contribution in [0.2, 0.25) is 4.34 Å². The topological polar surface area (TPSA) is 56.7 Å². The number of rotatable bonds is 3. The zero-order valence-corrected chi connectivity index (χ0v) is 15.1. The van der Waals surface area contributed by atoms with Gasteiger partial charge in [-0.3, -0.25) is 0 Å². The van der Waals surface area contributed by atoms with Crippen LogP contribution in [0.25, 0.3) is 22.3 Å². The molecule has 0 aliphatic heterocycles. The highest BCUT2D eigenvalue weighted by atomic mass is 35.5. The molecule has 0 bridgehead atoms. The van der Waals surface area contributed by atoms with E-state index in [1.54, 1.807) is 11.3 Å². The summed E-state index contributed by atoms with van der Waals surface area (Å²) in [6.45, 7) is 6.57. The number of hydrogen-bond donors (Lipinski definition) is 0. The van der Waals surface area contributed by atoms with Crippen molar-refractivity contribution < 1.29 is 4.52 Å². The van der Waals surface area contributed by atoms with Crippen LogP contribution < -0.4 is 0 Å². The van der Waals surface area contributed by atoms with Gasteiger partial charge < -0.3 is 9.09 Å². The lowest BCUT2D eigenvalue weighted by molar-refractivity contribution is 0.393. The number of fused-ring (bicyclic) bond motifs is 1. The van der Waals surface area contributed by atoms with Crippen molar-refractivity contribution in [1.29, 1.82) is 0 Å². The Labute approximate surface area is 147 Å². The lowest BCUT2D eigenvalue weighted by atomic mass is 10.1. The van der Waals surface area contributed by atoms with Crippen LogP contribution in [0.1, 0.15) is 22.2 Å². The quantitative estimate of drug-likeness (QED) is 0.529. The minimum absolute atomic E-state index is 0.729. The molecule has 4 heterocycles. The van der Waals surface area contributed by atoms with E-state index in [0.29, 0.717) is 0 Å². The molecular weight excluding hydrogens is 344 g/mol. The zero-order chi connectivity index (χ0) is 16.8. The van der Waals surface area contributed by atoms with Gasteiger partial charge in [-0.2, -0.15) is 0 Å². The van der Waals surface area contributed by atoms with Crippen molar-refractivity contribution >= 4 is 34.1 Å². The van der Waals surface area contributed by atoms with Crippen LogP contribution in [0.15, 0.2) is 28.9 Å². The number of pyridine rings is 1. The Morgan fingerprint density at radius 2 is 2.08 bits per heavy atom. The zero-order valence-electron chi connectivity index (χ0n) is 13.5. The summed E-state index contributed by atoms with van der Waals surface area (Å²) in [6.07, 6.45) is 1.83. The van der Waals surface area contributed by atoms with Crippen molar-refractivity contribution in [2.24, 2.45) is 0 Å². The maximum absolute atomic E-state index is 6.05. The summed E-state index contributed by atoms with van der Waals surface area (Å²) in [5.74, 6) is 1.72. The SMILES string of the molecule is Cc1noc(C)c1-c1cnc2nc(C)n(Cc3ccc(Cl)s3)c2c1. The molecule has 0 radical (unpaired) electrons. The molecule has 0 aromatic carbocycles. The van der Waals surface area contributed by atoms with Gasteiger partial charge >= 0.3 is 0 Å². The molecule has 4 aromatic rings. The molecular formula is C17H15ClN4OS. The molecule has 0 saturated carbocycles. The molecule has 0 N–H and O–H groups in total. The standard InChI is InChI=1S/C17H15ClN4OS/c1-9-16(10(2)23-21-9)12-6-14-17(19-7-12)20-11(3)22(14)8-13-4-5-15(18)24-13/h4-7H,8H2,1-3H3. The summed E-state index contributed by atoms with van der Waals surface area (Å²) in [4.78, 5) is 10.3. The Kier molecular flexibility index (Phi) is 3.66. The van der Waals surface area contributed by atoms with E-state index in [1.165, 1.54) is 4.88 Å². The van der Waals surface area contributed by atoms with Gasteiger partial charge in [-0.05, 0) is 39.0 Å². The molecule has 0 unspecified atom stereocenters. The van der Waals surface area contributed by atoms with Crippen LogP contribution in [0, 0.1) is 20.8 Å². The van der Waals surface area contributed by atoms with Crippen molar-refractivity contribution in [2.45, 2.75) is 27.3 Å². The molecule has 122 valence electrons. The Bertz CT molecular complexity index is 1030. The van der Waals surface area contributed by atoms with Gasteiger partial charge in [0.05, 0.1) is 22.1 Å². The van der Waals surface area contributed by atoms with Gasteiger partial charge in [0, 0.05) is 22.2 Å². The summed E-state index contributed by atoms with van der Waals surface area (Å²) in [5, 5.41) is 4.03. The summed E-state index contributed by atoms with van der Waals surface area (Å²) >= 11 is 7.63. The molecule has 0 atom stereocenters. The smallest absolute Gasteiger partial charge is 0.177 e. The fraction of sp³-hybridized carbons (Fsp3) is 0.235. The Hall–Kier alpha value is -2.18. The van der Waals surface area contributed by atoms with E-state index in [2.05, 4.69) is 25.8 Å². The predicted molar refractivity (Wildman–Crippen MR) is 95.7 cm³/mol. The lowest BCUT2D eigenvalue weighted by Crippen LogP contribution is -2.00. The average molecular weight is 359 g/mol. The highest BCUT2D eigenvalue weighted by Gasteiger charge is 2.16. The van der Waals surface area contributed by atoms with Crippen molar-refractivity contribution in [3.05, 3.63) is 50.9 Å². The van der Waals surface area contributed by atoms with Gasteiger partial charge in [0.25, 0.3) is 0 Å². The molecule has 4 aromatic heterocycles. The van der Waals surface area contributed by atoms with Gasteiger partial charge in [0.1, 0.15) is 11.6 Å². The van der Waals surface area contributed by atoms with Gasteiger partial charge in [-0.15, -0.1) is 11.3 Å². The molecule has 0 aliphatic rings. The van der Waals surface area contributed by atoms with Crippen LogP contribution in [-0.4, -0.2) is 19.7 Å². The molecule has 0 saturated heterocycles. The minimum Gasteiger partial charge on any atom is -0.361 e. The van der Waals surface area contributed by atoms with E-state index in [4.69, 9.17) is 16.1 Å². The summed E-state index contributed by atoms with van der Waals surface area (Å²) < 4.78 is 8.23. The summed E-state index contributed by atoms with van der Waals surface area (Å²) in [6, 6.07) is 6.07. The molecule has 0 aliphatic carbocycles. The number of aryl methyl sites for hydroxylation is 3. The van der Waals surface area contributed by atoms with Crippen LogP contribution >= 0.6 is 22.9 Å². The van der Waals surface area contributed by atoms with E-state index < -0.39 is 0 Å². The van der Waals surface area contributed by atoms with E-state index in [1.807, 2.05) is 39.1 Å². The number of hydrogen-bond acceptors (Lipinski definition) is 5. The highest BCUT2D eigenvalue weighted by molar-refractivity contribution is 7.16. The Morgan fingerprint density at radius 3 is 2.75 bits per heavy atom. The molecule has 0 amide bonds. The molecule has 7 heteroatoms. The van der Waals surface area contributed by atoms with Crippen LogP contribution in [0.4, 0.5) is 0 Å². The number of aromatic nitrogens is 4. The molecule has 0 fully saturated rings. The second-order valence-corrected chi connectivity index (χ2v) is 7.52. The number of thiophene rings is 1. The molecule has 0 spiro atoms. The molecule has 5 nitrogen and oxygen atoms in total. The third kappa shape index (κ3) is 2.52. The first-order valence-electron chi connectivity index (χ1n) is 7.53. The third-order valence-corrected chi connectivity index (χ3v) is 5.28. The van der Waals surface area contributed by atoms with Crippen LogP contribution in [0.3, 0.4) is 0 Å². The Morgan fingerprint density at radius 1 is 1.25 bits per heavy atom. The largest absolute Gasteiger partial charge is 0.361 e. The van der Waals surface area contributed by atoms with Crippen molar-refractivity contribution in [3.8, 4) is 11.1 Å². The number of nitrogens with zero attached hydrogens (tertiary/aromatic N) is 4. The average Bonchev–Trinajstić information content (AvgIpc) is 3.19. The normalized spacial score (nSPS) is 11.5. The predicted octanol–water partition coefficient (Wildman–Crippen LogP) is 4.77. The fourth-order valence-corrected chi connectivity index (χ4v) is 4.02. The minimum atomic E-state index is 0.729. The first-order chi connectivity index (χ1) is 11.5. The van der Waals surface area contributed by atoms with Crippen molar-refractivity contribution in [2.75, 3.05) is 0 Å². The first kappa shape index (κ1) is 15.4. The summed E-state index contributed by atoms with van der Waals surface area (Å²) in [5.41, 5.74) is 4.58. The second-order valence-electron chi connectivity index (χ2n) is 5.72. The number of imidazole rings is 1. The maximum atomic E-state index is 6.05. The first-order valence-corrected chi connectivity index (χ1v) is 8.72.